The number of aliphatic hydroxyl groups is 2. The smallest absolute Gasteiger partial charge is 0.387 e. The van der Waals surface area contributed by atoms with Crippen LogP contribution in [0.15, 0.2) is 43.1 Å². The number of non-ortho nitro benzene ring substituents is 1. The predicted octanol–water partition coefficient (Wildman–Crippen LogP) is 0.617. The highest BCUT2D eigenvalue weighted by atomic mass is 31.3. The van der Waals surface area contributed by atoms with E-state index in [9.17, 15) is 43.8 Å². The van der Waals surface area contributed by atoms with Gasteiger partial charge in [-0.3, -0.25) is 23.6 Å². The molecule has 6 N–H and O–H groups in total. The zero-order chi connectivity index (χ0) is 30.6. The van der Waals surface area contributed by atoms with Crippen molar-refractivity contribution in [1.29, 1.82) is 0 Å². The number of benzene rings is 1. The number of aliphatic hydroxyl groups excluding tert-OH is 2. The maximum absolute atomic E-state index is 12.0. The second-order valence-electron chi connectivity index (χ2n) is 8.66. The van der Waals surface area contributed by atoms with Gasteiger partial charge in [-0.15, -0.1) is 0 Å². The van der Waals surface area contributed by atoms with Crippen LogP contribution in [0, 0.1) is 10.1 Å². The minimum absolute atomic E-state index is 0.0945. The quantitative estimate of drug-likeness (QED) is 0.0776. The molecule has 3 aromatic heterocycles. The second kappa shape index (κ2) is 10.9. The fourth-order valence-electron chi connectivity index (χ4n) is 4.06. The van der Waals surface area contributed by atoms with Crippen molar-refractivity contribution in [2.45, 2.75) is 24.5 Å². The van der Waals surface area contributed by atoms with E-state index in [2.05, 4.69) is 28.1 Å². The van der Waals surface area contributed by atoms with Gasteiger partial charge in [-0.2, -0.15) is 8.62 Å². The van der Waals surface area contributed by atoms with Crippen molar-refractivity contribution in [3.05, 3.63) is 53.2 Å². The molecular weight excluding hydrogens is 633 g/mol. The highest BCUT2D eigenvalue weighted by Gasteiger charge is 2.47. The van der Waals surface area contributed by atoms with Gasteiger partial charge in [0.05, 0.1) is 23.6 Å². The average molecular weight is 652 g/mol. The number of phosphoric ester groups is 1. The van der Waals surface area contributed by atoms with Crippen molar-refractivity contribution in [2.24, 2.45) is 0 Å². The van der Waals surface area contributed by atoms with E-state index < -0.39 is 59.5 Å². The van der Waals surface area contributed by atoms with Crippen LogP contribution in [0.25, 0.3) is 28.1 Å². The van der Waals surface area contributed by atoms with Gasteiger partial charge in [-0.1, -0.05) is 0 Å². The van der Waals surface area contributed by atoms with Crippen molar-refractivity contribution < 1.29 is 66.3 Å². The lowest BCUT2D eigenvalue weighted by molar-refractivity contribution is -0.384. The van der Waals surface area contributed by atoms with E-state index in [0.29, 0.717) is 16.9 Å². The summed E-state index contributed by atoms with van der Waals surface area (Å²) in [6.07, 6.45) is -2.06. The first kappa shape index (κ1) is 30.5. The van der Waals surface area contributed by atoms with Gasteiger partial charge in [0.1, 0.15) is 24.6 Å². The Hall–Kier alpha value is -3.00. The molecule has 1 saturated heterocycles. The Balaban J connectivity index is 1.34. The summed E-state index contributed by atoms with van der Waals surface area (Å²) in [5.74, 6) is 0. The highest BCUT2D eigenvalue weighted by molar-refractivity contribution is 7.66. The minimum Gasteiger partial charge on any atom is -0.387 e. The molecule has 0 aliphatic carbocycles. The summed E-state index contributed by atoms with van der Waals surface area (Å²) in [6, 6.07) is 5.70. The molecule has 2 unspecified atom stereocenters. The average Bonchev–Trinajstić information content (AvgIpc) is 3.56. The number of imidazole rings is 2. The Kier molecular flexibility index (Phi) is 7.92. The van der Waals surface area contributed by atoms with Gasteiger partial charge in [0.2, 0.25) is 0 Å². The lowest BCUT2D eigenvalue weighted by Crippen LogP contribution is -2.33. The van der Waals surface area contributed by atoms with E-state index >= 15 is 0 Å². The monoisotopic (exact) mass is 652 g/mol. The molecule has 1 aliphatic rings. The largest absolute Gasteiger partial charge is 0.490 e. The third-order valence-corrected chi connectivity index (χ3v) is 9.62. The number of phosphoric acid groups is 3. The molecule has 0 saturated carbocycles. The molecule has 1 aromatic carbocycles. The molecule has 21 nitrogen and oxygen atoms in total. The lowest BCUT2D eigenvalue weighted by atomic mass is 10.1. The number of fused-ring (bicyclic) bond motifs is 3. The molecule has 1 aliphatic heterocycles. The molecule has 6 atom stereocenters. The third kappa shape index (κ3) is 6.34. The Morgan fingerprint density at radius 3 is 2.29 bits per heavy atom. The normalized spacial score (nSPS) is 24.1. The summed E-state index contributed by atoms with van der Waals surface area (Å²) in [4.78, 5) is 59.5. The summed E-state index contributed by atoms with van der Waals surface area (Å²) in [7, 11) is -16.9. The van der Waals surface area contributed by atoms with E-state index in [1.54, 1.807) is 10.6 Å². The number of aromatic nitrogens is 5. The summed E-state index contributed by atoms with van der Waals surface area (Å²) in [6.45, 7) is -0.998. The second-order valence-corrected chi connectivity index (χ2v) is 13.1. The van der Waals surface area contributed by atoms with Crippen LogP contribution in [0.3, 0.4) is 0 Å². The van der Waals surface area contributed by atoms with E-state index in [-0.39, 0.29) is 16.9 Å². The molecule has 1 fully saturated rings. The molecule has 0 bridgehead atoms. The van der Waals surface area contributed by atoms with Crippen LogP contribution in [-0.4, -0.2) is 83.5 Å². The Morgan fingerprint density at radius 1 is 0.952 bits per heavy atom. The van der Waals surface area contributed by atoms with Crippen molar-refractivity contribution in [3.8, 4) is 11.3 Å². The summed E-state index contributed by atoms with van der Waals surface area (Å²) < 4.78 is 54.3. The van der Waals surface area contributed by atoms with E-state index in [1.807, 2.05) is 0 Å². The molecule has 24 heteroatoms. The highest BCUT2D eigenvalue weighted by Crippen LogP contribution is 2.66. The van der Waals surface area contributed by atoms with Gasteiger partial charge in [-0.25, -0.2) is 28.6 Å². The first-order chi connectivity index (χ1) is 19.5. The van der Waals surface area contributed by atoms with Crippen LogP contribution in [0.2, 0.25) is 0 Å². The Morgan fingerprint density at radius 2 is 1.64 bits per heavy atom. The molecule has 226 valence electrons. The number of nitro benzene ring substituents is 1. The van der Waals surface area contributed by atoms with Crippen LogP contribution in [0.1, 0.15) is 6.23 Å². The van der Waals surface area contributed by atoms with Crippen LogP contribution in [0.5, 0.6) is 0 Å². The zero-order valence-electron chi connectivity index (χ0n) is 20.4. The van der Waals surface area contributed by atoms with E-state index in [0.717, 1.165) is 0 Å². The summed E-state index contributed by atoms with van der Waals surface area (Å²) in [5, 5.41) is 31.9. The van der Waals surface area contributed by atoms with Gasteiger partial charge < -0.3 is 34.5 Å². The van der Waals surface area contributed by atoms with Gasteiger partial charge in [-0.05, 0) is 12.1 Å². The standard InChI is InChI=1S/C18H19N6O15P3/c25-14-12(6-36-41(32,33)39-42(34,35)38-40(29,30)31)37-18(15(14)26)23-8-19-13-16(23)20-7-22-5-11(21-17(13)22)9-1-3-10(4-2-9)24(27)28/h1-5,7-8,12,14-15,18,25-26H,6H2,(H,32,33)(H,34,35)(H2,29,30,31)/t12-,14-,15-,18-/m1/s1. The van der Waals surface area contributed by atoms with Gasteiger partial charge in [0.25, 0.3) is 5.69 Å². The first-order valence-corrected chi connectivity index (χ1v) is 15.8. The van der Waals surface area contributed by atoms with Crippen molar-refractivity contribution in [3.63, 3.8) is 0 Å². The van der Waals surface area contributed by atoms with Crippen LogP contribution >= 0.6 is 23.5 Å². The fraction of sp³-hybridized carbons (Fsp3) is 0.278. The lowest BCUT2D eigenvalue weighted by Gasteiger charge is -2.19. The van der Waals surface area contributed by atoms with E-state index in [1.165, 1.54) is 41.5 Å². The molecular formula is C18H19N6O15P3. The number of ether oxygens (including phenoxy) is 1. The maximum atomic E-state index is 12.0. The van der Waals surface area contributed by atoms with Crippen LogP contribution < -0.4 is 0 Å². The molecule has 4 heterocycles. The number of nitrogens with zero attached hydrogens (tertiary/aromatic N) is 6. The molecule has 0 amide bonds. The van der Waals surface area contributed by atoms with Crippen molar-refractivity contribution >= 4 is 46.0 Å². The number of hydrogen-bond donors (Lipinski definition) is 6. The third-order valence-electron chi connectivity index (χ3n) is 5.82. The Bertz CT molecular complexity index is 1810. The number of rotatable bonds is 10. The van der Waals surface area contributed by atoms with Gasteiger partial charge in [0, 0.05) is 23.9 Å². The molecule has 0 radical (unpaired) electrons. The van der Waals surface area contributed by atoms with Crippen LogP contribution in [0.4, 0.5) is 5.69 Å². The minimum atomic E-state index is -5.76. The number of hydrogen-bond acceptors (Lipinski definition) is 14. The van der Waals surface area contributed by atoms with E-state index in [4.69, 9.17) is 14.5 Å². The molecule has 4 aromatic rings. The fourth-order valence-corrected chi connectivity index (χ4v) is 7.09. The summed E-state index contributed by atoms with van der Waals surface area (Å²) >= 11 is 0. The summed E-state index contributed by atoms with van der Waals surface area (Å²) in [5.41, 5.74) is 1.65. The van der Waals surface area contributed by atoms with Crippen molar-refractivity contribution in [2.75, 3.05) is 6.61 Å². The zero-order valence-corrected chi connectivity index (χ0v) is 23.1. The first-order valence-electron chi connectivity index (χ1n) is 11.3. The molecule has 5 rings (SSSR count). The topological polar surface area (TPSA) is 301 Å². The SMILES string of the molecule is O=[N+]([O-])c1ccc(-c2cn3cnc4c(ncn4[C@@H]4O[C@H](COP(=O)(O)OP(=O)(O)OP(=O)(O)O)[C@@H](O)[C@H]4O)c3n2)cc1. The van der Waals surface area contributed by atoms with Gasteiger partial charge >= 0.3 is 23.5 Å². The molecule has 42 heavy (non-hydrogen) atoms. The van der Waals surface area contributed by atoms with Gasteiger partial charge in [0.15, 0.2) is 23.0 Å². The maximum Gasteiger partial charge on any atom is 0.490 e. The predicted molar refractivity (Wildman–Crippen MR) is 134 cm³/mol. The van der Waals surface area contributed by atoms with Crippen molar-refractivity contribution in [1.82, 2.24) is 23.9 Å². The molecule has 0 spiro atoms. The van der Waals surface area contributed by atoms with Crippen LogP contribution in [-0.2, 0) is 31.6 Å². The Labute approximate surface area is 232 Å². The number of nitro groups is 1.